The molecule has 0 bridgehead atoms. The summed E-state index contributed by atoms with van der Waals surface area (Å²) >= 11 is 6.01. The fraction of sp³-hybridized carbons (Fsp3) is 0.588. The number of carbonyl (C=O) groups excluding carboxylic acids is 1. The van der Waals surface area contributed by atoms with Gasteiger partial charge in [0.25, 0.3) is 0 Å². The van der Waals surface area contributed by atoms with Crippen molar-refractivity contribution < 1.29 is 9.18 Å². The molecule has 0 aromatic heterocycles. The highest BCUT2D eigenvalue weighted by Gasteiger charge is 2.34. The van der Waals surface area contributed by atoms with E-state index in [0.717, 1.165) is 25.2 Å². The zero-order valence-corrected chi connectivity index (χ0v) is 12.8. The third-order valence-corrected chi connectivity index (χ3v) is 5.31. The van der Waals surface area contributed by atoms with Gasteiger partial charge in [-0.25, -0.2) is 4.39 Å². The predicted octanol–water partition coefficient (Wildman–Crippen LogP) is 3.90. The van der Waals surface area contributed by atoms with E-state index in [1.165, 1.54) is 25.3 Å². The third-order valence-electron chi connectivity index (χ3n) is 4.95. The van der Waals surface area contributed by atoms with Gasteiger partial charge in [-0.15, -0.1) is 0 Å². The number of hydrogen-bond donors (Lipinski definition) is 1. The molecule has 1 saturated heterocycles. The van der Waals surface area contributed by atoms with Gasteiger partial charge in [-0.05, 0) is 43.7 Å². The maximum Gasteiger partial charge on any atom is 0.154 e. The Morgan fingerprint density at radius 3 is 2.86 bits per heavy atom. The van der Waals surface area contributed by atoms with Gasteiger partial charge >= 0.3 is 0 Å². The number of piperidine rings is 1. The van der Waals surface area contributed by atoms with Crippen LogP contribution in [0.3, 0.4) is 0 Å². The third kappa shape index (κ3) is 3.29. The molecule has 0 amide bonds. The minimum absolute atomic E-state index is 0.0611. The van der Waals surface area contributed by atoms with Crippen molar-refractivity contribution in [1.29, 1.82) is 0 Å². The molecule has 1 aromatic carbocycles. The van der Waals surface area contributed by atoms with Crippen LogP contribution in [0.4, 0.5) is 4.39 Å². The minimum atomic E-state index is -0.387. The first kappa shape index (κ1) is 15.0. The van der Waals surface area contributed by atoms with Crippen LogP contribution in [0.25, 0.3) is 0 Å². The van der Waals surface area contributed by atoms with Crippen LogP contribution in [0, 0.1) is 11.7 Å². The molecule has 3 rings (SSSR count). The Labute approximate surface area is 130 Å². The van der Waals surface area contributed by atoms with Gasteiger partial charge < -0.3 is 5.32 Å². The number of carbonyl (C=O) groups is 1. The number of hydrogen-bond acceptors (Lipinski definition) is 2. The van der Waals surface area contributed by atoms with E-state index < -0.39 is 0 Å². The zero-order valence-electron chi connectivity index (χ0n) is 12.1. The number of halogens is 2. The SMILES string of the molecule is O=C(Cc1c(F)cccc1Cl)C1CCC2CCCCC2N1. The van der Waals surface area contributed by atoms with Crippen molar-refractivity contribution in [2.75, 3.05) is 0 Å². The van der Waals surface area contributed by atoms with Gasteiger partial charge in [0.05, 0.1) is 6.04 Å². The number of benzene rings is 1. The molecule has 4 heteroatoms. The second kappa shape index (κ2) is 6.45. The molecule has 1 N–H and O–H groups in total. The Morgan fingerprint density at radius 2 is 2.05 bits per heavy atom. The van der Waals surface area contributed by atoms with Crippen LogP contribution in [-0.4, -0.2) is 17.9 Å². The first-order valence-electron chi connectivity index (χ1n) is 7.87. The second-order valence-electron chi connectivity index (χ2n) is 6.29. The molecule has 2 fully saturated rings. The summed E-state index contributed by atoms with van der Waals surface area (Å²) in [5.74, 6) is 0.396. The molecule has 21 heavy (non-hydrogen) atoms. The van der Waals surface area contributed by atoms with Gasteiger partial charge in [0.2, 0.25) is 0 Å². The van der Waals surface area contributed by atoms with Gasteiger partial charge in [0, 0.05) is 23.0 Å². The Hall–Kier alpha value is -0.930. The average molecular weight is 310 g/mol. The van der Waals surface area contributed by atoms with Crippen LogP contribution in [-0.2, 0) is 11.2 Å². The Bertz CT molecular complexity index is 513. The van der Waals surface area contributed by atoms with Crippen LogP contribution in [0.5, 0.6) is 0 Å². The molecule has 1 aromatic rings. The van der Waals surface area contributed by atoms with Crippen molar-refractivity contribution in [3.8, 4) is 0 Å². The van der Waals surface area contributed by atoms with Gasteiger partial charge in [-0.3, -0.25) is 4.79 Å². The van der Waals surface area contributed by atoms with E-state index >= 15 is 0 Å². The summed E-state index contributed by atoms with van der Waals surface area (Å²) in [5, 5.41) is 3.84. The monoisotopic (exact) mass is 309 g/mol. The largest absolute Gasteiger partial charge is 0.304 e. The summed E-state index contributed by atoms with van der Waals surface area (Å²) in [6.07, 6.45) is 7.05. The Balaban J connectivity index is 1.66. The van der Waals surface area contributed by atoms with Gasteiger partial charge in [0.15, 0.2) is 5.78 Å². The normalized spacial score (nSPS) is 29.0. The zero-order chi connectivity index (χ0) is 14.8. The lowest BCUT2D eigenvalue weighted by atomic mass is 9.77. The number of nitrogens with one attached hydrogen (secondary N) is 1. The number of rotatable bonds is 3. The fourth-order valence-corrected chi connectivity index (χ4v) is 3.98. The quantitative estimate of drug-likeness (QED) is 0.917. The van der Waals surface area contributed by atoms with E-state index in [2.05, 4.69) is 5.32 Å². The van der Waals surface area contributed by atoms with Gasteiger partial charge in [0.1, 0.15) is 5.82 Å². The molecular weight excluding hydrogens is 289 g/mol. The standard InChI is InChI=1S/C17H21ClFNO/c18-13-5-3-6-14(19)12(13)10-17(21)16-9-8-11-4-1-2-7-15(11)20-16/h3,5-6,11,15-16,20H,1-2,4,7-10H2. The highest BCUT2D eigenvalue weighted by molar-refractivity contribution is 6.31. The average Bonchev–Trinajstić information content (AvgIpc) is 2.50. The summed E-state index contributed by atoms with van der Waals surface area (Å²) in [6, 6.07) is 4.90. The summed E-state index contributed by atoms with van der Waals surface area (Å²) in [7, 11) is 0. The lowest BCUT2D eigenvalue weighted by Gasteiger charge is -2.40. The summed E-state index contributed by atoms with van der Waals surface area (Å²) in [6.45, 7) is 0. The van der Waals surface area contributed by atoms with Crippen molar-refractivity contribution in [1.82, 2.24) is 5.32 Å². The van der Waals surface area contributed by atoms with Gasteiger partial charge in [-0.1, -0.05) is 30.5 Å². The maximum atomic E-state index is 13.8. The van der Waals surface area contributed by atoms with E-state index in [1.54, 1.807) is 12.1 Å². The molecule has 0 spiro atoms. The van der Waals surface area contributed by atoms with E-state index in [-0.39, 0.29) is 24.1 Å². The summed E-state index contributed by atoms with van der Waals surface area (Å²) in [5.41, 5.74) is 0.330. The lowest BCUT2D eigenvalue weighted by Crippen LogP contribution is -2.52. The van der Waals surface area contributed by atoms with E-state index in [9.17, 15) is 9.18 Å². The van der Waals surface area contributed by atoms with Crippen molar-refractivity contribution in [3.05, 3.63) is 34.6 Å². The van der Waals surface area contributed by atoms with Crippen molar-refractivity contribution in [2.24, 2.45) is 5.92 Å². The van der Waals surface area contributed by atoms with E-state index in [1.807, 2.05) is 0 Å². The molecule has 1 aliphatic carbocycles. The van der Waals surface area contributed by atoms with Gasteiger partial charge in [-0.2, -0.15) is 0 Å². The number of ketones is 1. The van der Waals surface area contributed by atoms with Crippen molar-refractivity contribution in [3.63, 3.8) is 0 Å². The molecule has 1 aliphatic heterocycles. The molecule has 2 nitrogen and oxygen atoms in total. The van der Waals surface area contributed by atoms with Crippen molar-refractivity contribution in [2.45, 2.75) is 57.0 Å². The smallest absolute Gasteiger partial charge is 0.154 e. The topological polar surface area (TPSA) is 29.1 Å². The van der Waals surface area contributed by atoms with Crippen LogP contribution in [0.1, 0.15) is 44.1 Å². The Kier molecular flexibility index (Phi) is 4.60. The Morgan fingerprint density at radius 1 is 1.24 bits per heavy atom. The van der Waals surface area contributed by atoms with Crippen molar-refractivity contribution >= 4 is 17.4 Å². The van der Waals surface area contributed by atoms with Crippen LogP contribution in [0.2, 0.25) is 5.02 Å². The van der Waals surface area contributed by atoms with Crippen LogP contribution in [0.15, 0.2) is 18.2 Å². The number of fused-ring (bicyclic) bond motifs is 1. The molecule has 114 valence electrons. The molecule has 1 heterocycles. The lowest BCUT2D eigenvalue weighted by molar-refractivity contribution is -0.121. The molecule has 3 atom stereocenters. The molecule has 2 aliphatic rings. The molecular formula is C17H21ClFNO. The molecule has 0 radical (unpaired) electrons. The summed E-state index contributed by atoms with van der Waals surface area (Å²) in [4.78, 5) is 12.5. The van der Waals surface area contributed by atoms with E-state index in [0.29, 0.717) is 16.6 Å². The molecule has 1 saturated carbocycles. The highest BCUT2D eigenvalue weighted by Crippen LogP contribution is 2.32. The van der Waals surface area contributed by atoms with Crippen LogP contribution >= 0.6 is 11.6 Å². The fourth-order valence-electron chi connectivity index (χ4n) is 3.75. The summed E-state index contributed by atoms with van der Waals surface area (Å²) < 4.78 is 13.8. The first-order chi connectivity index (χ1) is 10.1. The van der Waals surface area contributed by atoms with Crippen LogP contribution < -0.4 is 5.32 Å². The maximum absolute atomic E-state index is 13.8. The second-order valence-corrected chi connectivity index (χ2v) is 6.70. The predicted molar refractivity (Wildman–Crippen MR) is 82.0 cm³/mol. The minimum Gasteiger partial charge on any atom is -0.304 e. The first-order valence-corrected chi connectivity index (χ1v) is 8.24. The number of Topliss-reactive ketones (excluding diaryl/α,β-unsaturated/α-hetero) is 1. The highest BCUT2D eigenvalue weighted by atomic mass is 35.5. The van der Waals surface area contributed by atoms with E-state index in [4.69, 9.17) is 11.6 Å². The molecule has 3 unspecified atom stereocenters.